The van der Waals surface area contributed by atoms with Gasteiger partial charge in [-0.1, -0.05) is 0 Å². The molecule has 2 unspecified atom stereocenters. The van der Waals surface area contributed by atoms with Crippen LogP contribution in [0.2, 0.25) is 0 Å². The second-order valence-corrected chi connectivity index (χ2v) is 5.51. The zero-order chi connectivity index (χ0) is 14.2. The third kappa shape index (κ3) is 2.73. The number of Topliss-reactive ketones (excluding diaryl/α,β-unsaturated/α-hetero) is 1. The Morgan fingerprint density at radius 3 is 2.68 bits per heavy atom. The molecule has 0 radical (unpaired) electrons. The average Bonchev–Trinajstić information content (AvgIpc) is 2.36. The van der Waals surface area contributed by atoms with Crippen molar-refractivity contribution < 1.29 is 9.53 Å². The zero-order valence-electron chi connectivity index (χ0n) is 12.0. The van der Waals surface area contributed by atoms with Crippen molar-refractivity contribution in [3.63, 3.8) is 0 Å². The highest BCUT2D eigenvalue weighted by molar-refractivity contribution is 6.00. The summed E-state index contributed by atoms with van der Waals surface area (Å²) in [6.07, 6.45) is 0.157. The molecule has 104 valence electrons. The van der Waals surface area contributed by atoms with Crippen molar-refractivity contribution in [1.29, 1.82) is 0 Å². The van der Waals surface area contributed by atoms with Gasteiger partial charge < -0.3 is 15.4 Å². The predicted octanol–water partition coefficient (Wildman–Crippen LogP) is 2.21. The molecule has 1 aliphatic rings. The molecule has 1 heterocycles. The van der Waals surface area contributed by atoms with Crippen LogP contribution in [-0.2, 0) is 0 Å². The van der Waals surface area contributed by atoms with E-state index in [-0.39, 0.29) is 11.9 Å². The number of nitrogens with zero attached hydrogens (tertiary/aromatic N) is 1. The van der Waals surface area contributed by atoms with E-state index in [1.807, 2.05) is 12.1 Å². The summed E-state index contributed by atoms with van der Waals surface area (Å²) in [6.45, 7) is 8.88. The van der Waals surface area contributed by atoms with Crippen LogP contribution in [0.15, 0.2) is 18.2 Å². The van der Waals surface area contributed by atoms with Gasteiger partial charge in [0.25, 0.3) is 0 Å². The second-order valence-electron chi connectivity index (χ2n) is 5.51. The molecule has 0 bridgehead atoms. The Labute approximate surface area is 114 Å². The molecule has 2 atom stereocenters. The van der Waals surface area contributed by atoms with Gasteiger partial charge in [0.05, 0.1) is 18.3 Å². The maximum atomic E-state index is 12.0. The highest BCUT2D eigenvalue weighted by atomic mass is 16.5. The SMILES string of the molecule is CC1CN(C(C)C)c2cc(C(=O)C(C)N)ccc2O1. The molecule has 0 aliphatic carbocycles. The Bertz CT molecular complexity index is 483. The average molecular weight is 262 g/mol. The number of hydrogen-bond acceptors (Lipinski definition) is 4. The summed E-state index contributed by atoms with van der Waals surface area (Å²) < 4.78 is 5.82. The van der Waals surface area contributed by atoms with Gasteiger partial charge in [0.15, 0.2) is 5.78 Å². The van der Waals surface area contributed by atoms with Crippen LogP contribution in [0, 0.1) is 0 Å². The smallest absolute Gasteiger partial charge is 0.179 e. The van der Waals surface area contributed by atoms with E-state index < -0.39 is 6.04 Å². The van der Waals surface area contributed by atoms with Gasteiger partial charge in [-0.3, -0.25) is 4.79 Å². The molecule has 2 rings (SSSR count). The third-order valence-electron chi connectivity index (χ3n) is 3.37. The van der Waals surface area contributed by atoms with Crippen molar-refractivity contribution in [2.24, 2.45) is 5.73 Å². The molecule has 4 nitrogen and oxygen atoms in total. The van der Waals surface area contributed by atoms with Gasteiger partial charge in [0, 0.05) is 11.6 Å². The van der Waals surface area contributed by atoms with Crippen LogP contribution in [0.5, 0.6) is 5.75 Å². The minimum Gasteiger partial charge on any atom is -0.487 e. The number of carbonyl (C=O) groups is 1. The monoisotopic (exact) mass is 262 g/mol. The Kier molecular flexibility index (Phi) is 3.80. The van der Waals surface area contributed by atoms with Gasteiger partial charge in [-0.15, -0.1) is 0 Å². The molecule has 1 aromatic rings. The maximum absolute atomic E-state index is 12.0. The summed E-state index contributed by atoms with van der Waals surface area (Å²) in [6, 6.07) is 5.45. The highest BCUT2D eigenvalue weighted by Gasteiger charge is 2.26. The van der Waals surface area contributed by atoms with Crippen LogP contribution in [-0.4, -0.2) is 30.5 Å². The number of nitrogens with two attached hydrogens (primary N) is 1. The molecule has 19 heavy (non-hydrogen) atoms. The summed E-state index contributed by atoms with van der Waals surface area (Å²) >= 11 is 0. The van der Waals surface area contributed by atoms with Crippen molar-refractivity contribution in [2.45, 2.75) is 45.9 Å². The summed E-state index contributed by atoms with van der Waals surface area (Å²) in [5.74, 6) is 0.804. The molecule has 0 saturated carbocycles. The van der Waals surface area contributed by atoms with Gasteiger partial charge in [-0.05, 0) is 45.9 Å². The topological polar surface area (TPSA) is 55.6 Å². The van der Waals surface area contributed by atoms with E-state index >= 15 is 0 Å². The Morgan fingerprint density at radius 1 is 1.42 bits per heavy atom. The van der Waals surface area contributed by atoms with Gasteiger partial charge in [0.2, 0.25) is 0 Å². The van der Waals surface area contributed by atoms with Crippen LogP contribution in [0.1, 0.15) is 38.1 Å². The molecule has 4 heteroatoms. The van der Waals surface area contributed by atoms with Gasteiger partial charge >= 0.3 is 0 Å². The fourth-order valence-electron chi connectivity index (χ4n) is 2.38. The molecule has 0 aromatic heterocycles. The van der Waals surface area contributed by atoms with Crippen LogP contribution in [0.4, 0.5) is 5.69 Å². The second kappa shape index (κ2) is 5.21. The van der Waals surface area contributed by atoms with E-state index in [9.17, 15) is 4.79 Å². The number of rotatable bonds is 3. The molecule has 0 amide bonds. The molecular formula is C15H22N2O2. The summed E-state index contributed by atoms with van der Waals surface area (Å²) in [5.41, 5.74) is 7.30. The molecule has 1 aliphatic heterocycles. The number of ketones is 1. The third-order valence-corrected chi connectivity index (χ3v) is 3.37. The van der Waals surface area contributed by atoms with Crippen molar-refractivity contribution in [3.05, 3.63) is 23.8 Å². The largest absolute Gasteiger partial charge is 0.487 e. The number of hydrogen-bond donors (Lipinski definition) is 1. The van der Waals surface area contributed by atoms with E-state index in [2.05, 4.69) is 25.7 Å². The molecule has 0 spiro atoms. The predicted molar refractivity (Wildman–Crippen MR) is 77.0 cm³/mol. The first kappa shape index (κ1) is 13.9. The molecule has 0 fully saturated rings. The number of carbonyl (C=O) groups excluding carboxylic acids is 1. The molecule has 0 saturated heterocycles. The van der Waals surface area contributed by atoms with Crippen LogP contribution < -0.4 is 15.4 Å². The fraction of sp³-hybridized carbons (Fsp3) is 0.533. The highest BCUT2D eigenvalue weighted by Crippen LogP contribution is 2.35. The van der Waals surface area contributed by atoms with Crippen molar-refractivity contribution in [1.82, 2.24) is 0 Å². The quantitative estimate of drug-likeness (QED) is 0.849. The lowest BCUT2D eigenvalue weighted by Gasteiger charge is -2.38. The van der Waals surface area contributed by atoms with E-state index in [0.717, 1.165) is 18.0 Å². The summed E-state index contributed by atoms with van der Waals surface area (Å²) in [5, 5.41) is 0. The molecule has 1 aromatic carbocycles. The van der Waals surface area contributed by atoms with E-state index in [1.54, 1.807) is 13.0 Å². The fourth-order valence-corrected chi connectivity index (χ4v) is 2.38. The van der Waals surface area contributed by atoms with E-state index in [1.165, 1.54) is 0 Å². The van der Waals surface area contributed by atoms with E-state index in [0.29, 0.717) is 11.6 Å². The Balaban J connectivity index is 2.42. The van der Waals surface area contributed by atoms with Gasteiger partial charge in [0.1, 0.15) is 11.9 Å². The van der Waals surface area contributed by atoms with Crippen LogP contribution in [0.3, 0.4) is 0 Å². The minimum atomic E-state index is -0.478. The minimum absolute atomic E-state index is 0.0369. The first-order valence-corrected chi connectivity index (χ1v) is 6.77. The van der Waals surface area contributed by atoms with Crippen molar-refractivity contribution >= 4 is 11.5 Å². The summed E-state index contributed by atoms with van der Waals surface area (Å²) in [7, 11) is 0. The standard InChI is InChI=1S/C15H22N2O2/c1-9(2)17-8-10(3)19-14-6-5-12(7-13(14)17)15(18)11(4)16/h5-7,9-11H,8,16H2,1-4H3. The van der Waals surface area contributed by atoms with Crippen molar-refractivity contribution in [3.8, 4) is 5.75 Å². The number of fused-ring (bicyclic) bond motifs is 1. The lowest BCUT2D eigenvalue weighted by Crippen LogP contribution is -2.42. The Hall–Kier alpha value is -1.55. The number of anilines is 1. The van der Waals surface area contributed by atoms with Crippen LogP contribution >= 0.6 is 0 Å². The number of benzene rings is 1. The normalized spacial score (nSPS) is 19.9. The first-order chi connectivity index (χ1) is 8.90. The molecular weight excluding hydrogens is 240 g/mol. The lowest BCUT2D eigenvalue weighted by molar-refractivity contribution is 0.0968. The zero-order valence-corrected chi connectivity index (χ0v) is 12.0. The number of ether oxygens (including phenoxy) is 1. The van der Waals surface area contributed by atoms with Gasteiger partial charge in [-0.25, -0.2) is 0 Å². The Morgan fingerprint density at radius 2 is 2.11 bits per heavy atom. The summed E-state index contributed by atoms with van der Waals surface area (Å²) in [4.78, 5) is 14.3. The first-order valence-electron chi connectivity index (χ1n) is 6.77. The molecule has 2 N–H and O–H groups in total. The van der Waals surface area contributed by atoms with Crippen LogP contribution in [0.25, 0.3) is 0 Å². The van der Waals surface area contributed by atoms with Gasteiger partial charge in [-0.2, -0.15) is 0 Å². The maximum Gasteiger partial charge on any atom is 0.179 e. The lowest BCUT2D eigenvalue weighted by atomic mass is 10.0. The van der Waals surface area contributed by atoms with E-state index in [4.69, 9.17) is 10.5 Å². The van der Waals surface area contributed by atoms with Crippen molar-refractivity contribution in [2.75, 3.05) is 11.4 Å².